The minimum atomic E-state index is -1.01. The molecule has 1 saturated heterocycles. The van der Waals surface area contributed by atoms with Crippen molar-refractivity contribution in [3.8, 4) is 11.5 Å². The molecule has 5 rings (SSSR count). The lowest BCUT2D eigenvalue weighted by Gasteiger charge is -2.34. The molecule has 1 atom stereocenters. The summed E-state index contributed by atoms with van der Waals surface area (Å²) in [5, 5.41) is 12.3. The molecule has 0 bridgehead atoms. The number of esters is 1. The molecule has 2 aliphatic heterocycles. The molecule has 258 valence electrons. The third-order valence-corrected chi connectivity index (χ3v) is 8.52. The van der Waals surface area contributed by atoms with Gasteiger partial charge in [-0.1, -0.05) is 13.0 Å². The first-order valence-corrected chi connectivity index (χ1v) is 16.7. The molecule has 13 nitrogen and oxygen atoms in total. The van der Waals surface area contributed by atoms with Crippen molar-refractivity contribution in [2.75, 3.05) is 61.2 Å². The van der Waals surface area contributed by atoms with Crippen molar-refractivity contribution in [2.24, 2.45) is 0 Å². The van der Waals surface area contributed by atoms with Crippen molar-refractivity contribution in [1.29, 1.82) is 0 Å². The monoisotopic (exact) mass is 660 g/mol. The van der Waals surface area contributed by atoms with Gasteiger partial charge in [-0.05, 0) is 76.6 Å². The van der Waals surface area contributed by atoms with Crippen LogP contribution in [0.25, 0.3) is 0 Å². The molecule has 4 N–H and O–H groups in total. The number of ether oxygens (including phenoxy) is 3. The number of hydrogen-bond acceptors (Lipinski definition) is 11. The minimum Gasteiger partial charge on any atom is -0.493 e. The molecule has 0 radical (unpaired) electrons. The summed E-state index contributed by atoms with van der Waals surface area (Å²) in [6.07, 6.45) is 6.40. The van der Waals surface area contributed by atoms with E-state index in [-0.39, 0.29) is 6.54 Å². The van der Waals surface area contributed by atoms with Crippen molar-refractivity contribution < 1.29 is 23.8 Å². The van der Waals surface area contributed by atoms with Gasteiger partial charge in [0.05, 0.1) is 14.2 Å². The van der Waals surface area contributed by atoms with Crippen molar-refractivity contribution in [3.63, 3.8) is 0 Å². The molecule has 0 saturated carbocycles. The number of aromatic nitrogens is 3. The quantitative estimate of drug-likeness (QED) is 0.203. The van der Waals surface area contributed by atoms with Gasteiger partial charge in [0, 0.05) is 55.1 Å². The fourth-order valence-electron chi connectivity index (χ4n) is 6.12. The number of carbonyl (C=O) groups is 2. The predicted molar refractivity (Wildman–Crippen MR) is 186 cm³/mol. The molecule has 1 aromatic carbocycles. The lowest BCUT2D eigenvalue weighted by Crippen LogP contribution is -2.49. The second kappa shape index (κ2) is 15.4. The zero-order valence-electron chi connectivity index (χ0n) is 28.8. The van der Waals surface area contributed by atoms with Crippen molar-refractivity contribution >= 4 is 35.1 Å². The molecule has 4 heterocycles. The maximum absolute atomic E-state index is 13.3. The van der Waals surface area contributed by atoms with Crippen LogP contribution in [0.5, 0.6) is 11.5 Å². The Morgan fingerprint density at radius 2 is 1.83 bits per heavy atom. The Labute approximate surface area is 282 Å². The number of piperidine rings is 1. The number of methoxy groups -OCH3 is 2. The van der Waals surface area contributed by atoms with Crippen LogP contribution >= 0.6 is 0 Å². The standard InChI is InChI=1S/C35H48N8O5/c1-7-25-31(38-21-39-32(25)43-17-14-22(15-18-43)26-12-10-23-9-8-16-36-30(23)41-26)37-20-27(33(44)48-35(2,3)4)42-34(45)40-24-11-13-28(46-5)29(19-24)47-6/h10-13,19,21-22,27H,7-9,14-18,20H2,1-6H3,(H,36,41)(H,37,38,39)(H2,40,42,45)/t27-/m0/s1. The molecule has 2 aromatic heterocycles. The van der Waals surface area contributed by atoms with Gasteiger partial charge in [-0.2, -0.15) is 0 Å². The highest BCUT2D eigenvalue weighted by atomic mass is 16.6. The van der Waals surface area contributed by atoms with E-state index in [4.69, 9.17) is 19.2 Å². The third kappa shape index (κ3) is 8.55. The van der Waals surface area contributed by atoms with Gasteiger partial charge in [0.1, 0.15) is 35.4 Å². The van der Waals surface area contributed by atoms with Crippen molar-refractivity contribution in [1.82, 2.24) is 20.3 Å². The normalized spacial score (nSPS) is 15.4. The average Bonchev–Trinajstić information content (AvgIpc) is 3.08. The summed E-state index contributed by atoms with van der Waals surface area (Å²) in [6, 6.07) is 7.84. The van der Waals surface area contributed by atoms with Gasteiger partial charge in [0.2, 0.25) is 0 Å². The number of rotatable bonds is 11. The number of carbonyl (C=O) groups excluding carboxylic acids is 2. The maximum atomic E-state index is 13.3. The first kappa shape index (κ1) is 34.5. The highest BCUT2D eigenvalue weighted by molar-refractivity contribution is 5.93. The number of pyridine rings is 1. The van der Waals surface area contributed by atoms with Crippen LogP contribution in [0.2, 0.25) is 0 Å². The highest BCUT2D eigenvalue weighted by Gasteiger charge is 2.29. The number of nitrogens with one attached hydrogen (secondary N) is 4. The van der Waals surface area contributed by atoms with Crippen LogP contribution in [0, 0.1) is 0 Å². The Morgan fingerprint density at radius 3 is 2.54 bits per heavy atom. The van der Waals surface area contributed by atoms with E-state index in [0.717, 1.165) is 68.2 Å². The molecule has 2 aliphatic rings. The van der Waals surface area contributed by atoms with Crippen LogP contribution in [0.15, 0.2) is 36.7 Å². The van der Waals surface area contributed by atoms with E-state index in [2.05, 4.69) is 55.2 Å². The van der Waals surface area contributed by atoms with Crippen LogP contribution in [-0.2, 0) is 22.4 Å². The molecule has 13 heteroatoms. The molecule has 2 amide bonds. The summed E-state index contributed by atoms with van der Waals surface area (Å²) in [4.78, 5) is 42.8. The van der Waals surface area contributed by atoms with E-state index in [1.807, 2.05) is 0 Å². The predicted octanol–water partition coefficient (Wildman–Crippen LogP) is 5.14. The number of nitrogens with zero attached hydrogens (tertiary/aromatic N) is 4. The molecule has 3 aromatic rings. The molecule has 0 unspecified atom stereocenters. The number of aryl methyl sites for hydroxylation is 1. The number of fused-ring (bicyclic) bond motifs is 1. The van der Waals surface area contributed by atoms with Crippen LogP contribution in [0.1, 0.15) is 69.7 Å². The van der Waals surface area contributed by atoms with Gasteiger partial charge in [-0.25, -0.2) is 24.5 Å². The number of amides is 2. The van der Waals surface area contributed by atoms with E-state index < -0.39 is 23.6 Å². The fourth-order valence-corrected chi connectivity index (χ4v) is 6.12. The number of anilines is 4. The van der Waals surface area contributed by atoms with Crippen LogP contribution < -0.4 is 35.6 Å². The highest BCUT2D eigenvalue weighted by Crippen LogP contribution is 2.34. The maximum Gasteiger partial charge on any atom is 0.331 e. The second-order valence-electron chi connectivity index (χ2n) is 13.0. The Bertz CT molecular complexity index is 1590. The second-order valence-corrected chi connectivity index (χ2v) is 13.0. The zero-order chi connectivity index (χ0) is 34.3. The van der Waals surface area contributed by atoms with E-state index in [1.54, 1.807) is 45.3 Å². The van der Waals surface area contributed by atoms with Crippen LogP contribution in [0.4, 0.5) is 27.9 Å². The molecular weight excluding hydrogens is 612 g/mol. The van der Waals surface area contributed by atoms with Crippen molar-refractivity contribution in [2.45, 2.75) is 77.4 Å². The molecule has 0 spiro atoms. The van der Waals surface area contributed by atoms with Crippen LogP contribution in [0.3, 0.4) is 0 Å². The summed E-state index contributed by atoms with van der Waals surface area (Å²) in [6.45, 7) is 10.1. The summed E-state index contributed by atoms with van der Waals surface area (Å²) < 4.78 is 16.3. The van der Waals surface area contributed by atoms with Gasteiger partial charge >= 0.3 is 12.0 Å². The zero-order valence-corrected chi connectivity index (χ0v) is 28.8. The summed E-state index contributed by atoms with van der Waals surface area (Å²) in [5.74, 6) is 3.35. The average molecular weight is 661 g/mol. The topological polar surface area (TPSA) is 152 Å². The molecule has 0 aliphatic carbocycles. The van der Waals surface area contributed by atoms with E-state index in [9.17, 15) is 9.59 Å². The van der Waals surface area contributed by atoms with Gasteiger partial charge in [-0.15, -0.1) is 0 Å². The largest absolute Gasteiger partial charge is 0.493 e. The Balaban J connectivity index is 1.25. The summed E-state index contributed by atoms with van der Waals surface area (Å²) in [7, 11) is 3.05. The smallest absolute Gasteiger partial charge is 0.331 e. The number of hydrogen-bond donors (Lipinski definition) is 4. The van der Waals surface area contributed by atoms with Gasteiger partial charge in [0.15, 0.2) is 11.5 Å². The summed E-state index contributed by atoms with van der Waals surface area (Å²) >= 11 is 0. The Morgan fingerprint density at radius 1 is 1.06 bits per heavy atom. The van der Waals surface area contributed by atoms with E-state index in [1.165, 1.54) is 19.8 Å². The number of urea groups is 1. The summed E-state index contributed by atoms with van der Waals surface area (Å²) in [5.41, 5.74) is 3.13. The molecular formula is C35H48N8O5. The molecule has 48 heavy (non-hydrogen) atoms. The lowest BCUT2D eigenvalue weighted by atomic mass is 9.92. The SMILES string of the molecule is CCc1c(NC[C@H](NC(=O)Nc2ccc(OC)c(OC)c2)C(=O)OC(C)(C)C)ncnc1N1CCC(c2ccc3c(n2)NCCC3)CC1. The first-order valence-electron chi connectivity index (χ1n) is 16.7. The Hall–Kier alpha value is -4.81. The number of benzene rings is 1. The van der Waals surface area contributed by atoms with Crippen LogP contribution in [-0.4, -0.2) is 79.0 Å². The lowest BCUT2D eigenvalue weighted by molar-refractivity contribution is -0.156. The van der Waals surface area contributed by atoms with Gasteiger partial charge in [0.25, 0.3) is 0 Å². The molecule has 1 fully saturated rings. The van der Waals surface area contributed by atoms with Crippen molar-refractivity contribution in [3.05, 3.63) is 53.5 Å². The van der Waals surface area contributed by atoms with Gasteiger partial charge < -0.3 is 40.4 Å². The van der Waals surface area contributed by atoms with Gasteiger partial charge in [-0.3, -0.25) is 0 Å². The van der Waals surface area contributed by atoms with E-state index in [0.29, 0.717) is 35.3 Å². The Kier molecular flexibility index (Phi) is 11.1. The first-order chi connectivity index (χ1) is 23.1. The minimum absolute atomic E-state index is 0.0534. The van der Waals surface area contributed by atoms with E-state index >= 15 is 0 Å². The fraction of sp³-hybridized carbons (Fsp3) is 0.514. The third-order valence-electron chi connectivity index (χ3n) is 8.52.